The molecule has 0 bridgehead atoms. The predicted molar refractivity (Wildman–Crippen MR) is 66.3 cm³/mol. The molecule has 0 fully saturated rings. The van der Waals surface area contributed by atoms with Gasteiger partial charge in [-0.1, -0.05) is 0 Å². The summed E-state index contributed by atoms with van der Waals surface area (Å²) in [6.07, 6.45) is 0.696. The Balaban J connectivity index is 2.54. The number of carbonyl (C=O) groups is 1. The molecule has 0 atom stereocenters. The van der Waals surface area contributed by atoms with Gasteiger partial charge in [-0.2, -0.15) is 5.10 Å². The molecule has 2 rings (SSSR count). The Morgan fingerprint density at radius 2 is 2.11 bits per heavy atom. The monoisotopic (exact) mass is 268 g/mol. The summed E-state index contributed by atoms with van der Waals surface area (Å²) in [5.74, 6) is -3.65. The molecule has 0 saturated heterocycles. The van der Waals surface area contributed by atoms with Crippen LogP contribution in [0.2, 0.25) is 0 Å². The Labute approximate surface area is 108 Å². The number of aromatic amines is 1. The van der Waals surface area contributed by atoms with Gasteiger partial charge >= 0.3 is 0 Å². The molecule has 5 nitrogen and oxygen atoms in total. The van der Waals surface area contributed by atoms with Gasteiger partial charge in [0.05, 0.1) is 5.69 Å². The van der Waals surface area contributed by atoms with Gasteiger partial charge in [-0.15, -0.1) is 0 Å². The van der Waals surface area contributed by atoms with Gasteiger partial charge in [0.1, 0.15) is 5.69 Å². The van der Waals surface area contributed by atoms with Crippen molar-refractivity contribution in [3.8, 4) is 0 Å². The van der Waals surface area contributed by atoms with Crippen LogP contribution >= 0.6 is 0 Å². The summed E-state index contributed by atoms with van der Waals surface area (Å²) in [6.45, 7) is 2.92. The first-order chi connectivity index (χ1) is 8.74. The van der Waals surface area contributed by atoms with Crippen molar-refractivity contribution in [2.24, 2.45) is 11.5 Å². The zero-order valence-corrected chi connectivity index (χ0v) is 10.6. The number of halogens is 2. The second-order valence-corrected chi connectivity index (χ2v) is 4.58. The van der Waals surface area contributed by atoms with E-state index in [2.05, 4.69) is 10.2 Å². The highest BCUT2D eigenvalue weighted by molar-refractivity contribution is 5.93. The van der Waals surface area contributed by atoms with Gasteiger partial charge in [0.15, 0.2) is 0 Å². The Kier molecular flexibility index (Phi) is 2.92. The molecular formula is C12H14F2N4O. The maximum Gasteiger partial charge on any atom is 0.273 e. The molecule has 5 N–H and O–H groups in total. The van der Waals surface area contributed by atoms with Gasteiger partial charge in [-0.05, 0) is 25.5 Å². The van der Waals surface area contributed by atoms with Crippen LogP contribution in [0.5, 0.6) is 0 Å². The minimum absolute atomic E-state index is 0.0861. The summed E-state index contributed by atoms with van der Waals surface area (Å²) in [5.41, 5.74) is 12.1. The van der Waals surface area contributed by atoms with Crippen LogP contribution in [0.1, 0.15) is 35.1 Å². The van der Waals surface area contributed by atoms with E-state index in [0.717, 1.165) is 0 Å². The molecule has 1 amide bonds. The fraction of sp³-hybridized carbons (Fsp3) is 0.333. The van der Waals surface area contributed by atoms with E-state index < -0.39 is 18.3 Å². The van der Waals surface area contributed by atoms with Crippen molar-refractivity contribution in [3.63, 3.8) is 0 Å². The summed E-state index contributed by atoms with van der Waals surface area (Å²) in [6, 6.07) is 0. The van der Waals surface area contributed by atoms with Gasteiger partial charge in [0, 0.05) is 23.3 Å². The van der Waals surface area contributed by atoms with Crippen molar-refractivity contribution in [1.29, 1.82) is 0 Å². The van der Waals surface area contributed by atoms with Crippen LogP contribution in [0.3, 0.4) is 0 Å². The Morgan fingerprint density at radius 1 is 1.47 bits per heavy atom. The molecule has 0 radical (unpaired) electrons. The van der Waals surface area contributed by atoms with E-state index in [1.165, 1.54) is 13.0 Å². The van der Waals surface area contributed by atoms with E-state index in [4.69, 9.17) is 11.5 Å². The Morgan fingerprint density at radius 3 is 2.63 bits per heavy atom. The number of primary amides is 1. The molecule has 1 aromatic rings. The maximum atomic E-state index is 13.7. The van der Waals surface area contributed by atoms with Crippen LogP contribution in [0.15, 0.2) is 17.3 Å². The number of amides is 1. The summed E-state index contributed by atoms with van der Waals surface area (Å²) in [5, 5.41) is 6.33. The zero-order chi connectivity index (χ0) is 14.4. The lowest BCUT2D eigenvalue weighted by Gasteiger charge is -2.24. The fourth-order valence-corrected chi connectivity index (χ4v) is 2.04. The second-order valence-electron chi connectivity index (χ2n) is 4.58. The number of hydrogen-bond donors (Lipinski definition) is 3. The second kappa shape index (κ2) is 4.18. The molecule has 102 valence electrons. The number of hydrogen-bond acceptors (Lipinski definition) is 3. The van der Waals surface area contributed by atoms with Crippen molar-refractivity contribution >= 4 is 11.5 Å². The van der Waals surface area contributed by atoms with Crippen LogP contribution in [0.4, 0.5) is 8.78 Å². The minimum Gasteiger partial charge on any atom is -0.398 e. The van der Waals surface area contributed by atoms with Gasteiger partial charge in [-0.3, -0.25) is 9.89 Å². The lowest BCUT2D eigenvalue weighted by Crippen LogP contribution is -2.24. The van der Waals surface area contributed by atoms with Crippen LogP contribution in [0, 0.1) is 6.92 Å². The van der Waals surface area contributed by atoms with E-state index in [1.807, 2.05) is 0 Å². The number of carbonyl (C=O) groups excluding carboxylic acids is 1. The number of allylic oxidation sites excluding steroid dienone is 3. The smallest absolute Gasteiger partial charge is 0.273 e. The lowest BCUT2D eigenvalue weighted by atomic mass is 9.90. The van der Waals surface area contributed by atoms with Crippen LogP contribution in [0.25, 0.3) is 5.57 Å². The molecule has 1 heterocycles. The first-order valence-corrected chi connectivity index (χ1v) is 5.64. The Bertz CT molecular complexity index is 613. The molecular weight excluding hydrogens is 254 g/mol. The minimum atomic E-state index is -2.96. The van der Waals surface area contributed by atoms with Gasteiger partial charge in [-0.25, -0.2) is 8.78 Å². The third-order valence-electron chi connectivity index (χ3n) is 3.24. The molecule has 1 aliphatic carbocycles. The molecule has 7 heteroatoms. The average molecular weight is 268 g/mol. The van der Waals surface area contributed by atoms with Crippen molar-refractivity contribution in [2.75, 3.05) is 0 Å². The largest absolute Gasteiger partial charge is 0.398 e. The molecule has 1 aliphatic rings. The number of aromatic nitrogens is 2. The average Bonchev–Trinajstić information content (AvgIpc) is 2.66. The first kappa shape index (κ1) is 13.3. The van der Waals surface area contributed by atoms with E-state index in [-0.39, 0.29) is 28.2 Å². The highest BCUT2D eigenvalue weighted by Gasteiger charge is 2.37. The molecule has 19 heavy (non-hydrogen) atoms. The third kappa shape index (κ3) is 2.11. The summed E-state index contributed by atoms with van der Waals surface area (Å²) >= 11 is 0. The van der Waals surface area contributed by atoms with Crippen molar-refractivity contribution in [3.05, 3.63) is 34.3 Å². The first-order valence-electron chi connectivity index (χ1n) is 5.64. The quantitative estimate of drug-likeness (QED) is 0.757. The number of nitrogens with one attached hydrogen (secondary N) is 1. The van der Waals surface area contributed by atoms with E-state index >= 15 is 0 Å². The number of alkyl halides is 2. The number of H-pyrrole nitrogens is 1. The van der Waals surface area contributed by atoms with E-state index in [9.17, 15) is 13.6 Å². The van der Waals surface area contributed by atoms with Gasteiger partial charge < -0.3 is 11.5 Å². The van der Waals surface area contributed by atoms with Crippen LogP contribution in [-0.2, 0) is 0 Å². The third-order valence-corrected chi connectivity index (χ3v) is 3.24. The molecule has 1 aromatic heterocycles. The number of nitrogens with two attached hydrogens (primary N) is 2. The fourth-order valence-electron chi connectivity index (χ4n) is 2.04. The van der Waals surface area contributed by atoms with Crippen molar-refractivity contribution in [2.45, 2.75) is 26.2 Å². The van der Waals surface area contributed by atoms with Crippen LogP contribution in [-0.4, -0.2) is 22.0 Å². The molecule has 0 spiro atoms. The standard InChI is InChI=1S/C12H14F2N4O/c1-5-3-8(15)7(4-12(5,13)14)9-6(2)10(11(16)19)18-17-9/h3H,4,15H2,1-2H3,(H2,16,19)(H,17,18). The highest BCUT2D eigenvalue weighted by Crippen LogP contribution is 2.40. The SMILES string of the molecule is CC1=CC(N)=C(c2n[nH]c(C(N)=O)c2C)CC1(F)F. The van der Waals surface area contributed by atoms with Gasteiger partial charge in [0.25, 0.3) is 11.8 Å². The maximum absolute atomic E-state index is 13.7. The normalized spacial score (nSPS) is 18.4. The summed E-state index contributed by atoms with van der Waals surface area (Å²) < 4.78 is 27.4. The summed E-state index contributed by atoms with van der Waals surface area (Å²) in [4.78, 5) is 11.1. The number of nitrogens with zero attached hydrogens (tertiary/aromatic N) is 1. The van der Waals surface area contributed by atoms with Crippen molar-refractivity contribution in [1.82, 2.24) is 10.2 Å². The molecule has 0 aromatic carbocycles. The topological polar surface area (TPSA) is 97.8 Å². The highest BCUT2D eigenvalue weighted by atomic mass is 19.3. The lowest BCUT2D eigenvalue weighted by molar-refractivity contribution is 0.0460. The van der Waals surface area contributed by atoms with Crippen molar-refractivity contribution < 1.29 is 13.6 Å². The summed E-state index contributed by atoms with van der Waals surface area (Å²) in [7, 11) is 0. The molecule has 0 saturated carbocycles. The van der Waals surface area contributed by atoms with E-state index in [0.29, 0.717) is 5.56 Å². The Hall–Kier alpha value is -2.18. The molecule has 0 aliphatic heterocycles. The zero-order valence-electron chi connectivity index (χ0n) is 10.6. The van der Waals surface area contributed by atoms with E-state index in [1.54, 1.807) is 6.92 Å². The van der Waals surface area contributed by atoms with Crippen LogP contribution < -0.4 is 11.5 Å². The van der Waals surface area contributed by atoms with Gasteiger partial charge in [0.2, 0.25) is 0 Å². The number of rotatable bonds is 2. The predicted octanol–water partition coefficient (Wildman–Crippen LogP) is 1.47. The molecule has 0 unspecified atom stereocenters.